The second-order valence-electron chi connectivity index (χ2n) is 8.05. The Morgan fingerprint density at radius 2 is 2.00 bits per heavy atom. The number of hydrogen-bond donors (Lipinski definition) is 3. The van der Waals surface area contributed by atoms with Gasteiger partial charge < -0.3 is 20.1 Å². The quantitative estimate of drug-likeness (QED) is 0.271. The number of nitrogens with zero attached hydrogens (tertiary/aromatic N) is 1. The van der Waals surface area contributed by atoms with Crippen LogP contribution in [-0.2, 0) is 14.9 Å². The van der Waals surface area contributed by atoms with Crippen molar-refractivity contribution in [3.8, 4) is 11.8 Å². The summed E-state index contributed by atoms with van der Waals surface area (Å²) in [6, 6.07) is 10.9. The minimum absolute atomic E-state index is 0.0307. The van der Waals surface area contributed by atoms with E-state index in [1.54, 1.807) is 31.2 Å². The van der Waals surface area contributed by atoms with E-state index < -0.39 is 23.6 Å². The molecule has 1 unspecified atom stereocenters. The molecule has 1 atom stereocenters. The number of carboxylic acids is 1. The van der Waals surface area contributed by atoms with Gasteiger partial charge in [-0.05, 0) is 49.8 Å². The highest BCUT2D eigenvalue weighted by molar-refractivity contribution is 7.28. The number of hydrogen-bond acceptors (Lipinski definition) is 8. The van der Waals surface area contributed by atoms with Gasteiger partial charge in [0.15, 0.2) is 5.82 Å². The lowest BCUT2D eigenvalue weighted by Crippen LogP contribution is -2.17. The average molecular weight is 528 g/mol. The molecule has 0 spiro atoms. The van der Waals surface area contributed by atoms with Crippen molar-refractivity contribution in [3.05, 3.63) is 62.5 Å². The van der Waals surface area contributed by atoms with Gasteiger partial charge in [0.1, 0.15) is 17.2 Å². The maximum absolute atomic E-state index is 12.4. The number of carboxylic acid groups (broad SMARTS) is 1. The van der Waals surface area contributed by atoms with Crippen molar-refractivity contribution in [2.45, 2.75) is 31.3 Å². The van der Waals surface area contributed by atoms with Gasteiger partial charge in [-0.2, -0.15) is 0 Å². The van der Waals surface area contributed by atoms with E-state index in [9.17, 15) is 14.7 Å². The molecule has 0 saturated heterocycles. The minimum atomic E-state index is -0.769. The Kier molecular flexibility index (Phi) is 5.92. The standard InChI is InChI=1S/C24H18ClN3O5S2/c1-12(14-4-2-3-5-15(14)25)32-23(31)27-20-16(33-28-21(20)26)7-6-13-10-17-18(34-13)11-19(35-17)24(8-9-24)22(29)30/h2-5,10-12H,8-9H2,1H3,(H2,26,28)(H,27,31)(H,29,30). The van der Waals surface area contributed by atoms with Crippen LogP contribution in [-0.4, -0.2) is 22.3 Å². The Morgan fingerprint density at radius 1 is 1.26 bits per heavy atom. The number of ether oxygens (including phenoxy) is 1. The molecule has 0 bridgehead atoms. The number of halogens is 1. The number of aliphatic carboxylic acids is 1. The predicted octanol–water partition coefficient (Wildman–Crippen LogP) is 6.01. The van der Waals surface area contributed by atoms with Crippen LogP contribution in [0.5, 0.6) is 0 Å². The second-order valence-corrected chi connectivity index (χ2v) is 10.6. The lowest BCUT2D eigenvalue weighted by atomic mass is 10.1. The van der Waals surface area contributed by atoms with Gasteiger partial charge in [-0.15, -0.1) is 22.7 Å². The van der Waals surface area contributed by atoms with E-state index in [1.807, 2.05) is 12.1 Å². The smallest absolute Gasteiger partial charge is 0.412 e. The monoisotopic (exact) mass is 527 g/mol. The molecule has 5 rings (SSSR count). The molecule has 1 aromatic carbocycles. The summed E-state index contributed by atoms with van der Waals surface area (Å²) in [4.78, 5) is 25.7. The van der Waals surface area contributed by atoms with Crippen LogP contribution in [0.25, 0.3) is 9.40 Å². The topological polar surface area (TPSA) is 128 Å². The van der Waals surface area contributed by atoms with Crippen LogP contribution in [0.15, 0.2) is 40.9 Å². The van der Waals surface area contributed by atoms with Gasteiger partial charge >= 0.3 is 12.1 Å². The summed E-state index contributed by atoms with van der Waals surface area (Å²) in [5.41, 5.74) is 5.92. The largest absolute Gasteiger partial charge is 0.481 e. The summed E-state index contributed by atoms with van der Waals surface area (Å²) in [6.07, 6.45) is -0.0120. The minimum Gasteiger partial charge on any atom is -0.481 e. The second kappa shape index (κ2) is 8.92. The Labute approximate surface area is 212 Å². The Morgan fingerprint density at radius 3 is 2.69 bits per heavy atom. The van der Waals surface area contributed by atoms with Crippen molar-refractivity contribution in [1.29, 1.82) is 0 Å². The van der Waals surface area contributed by atoms with Gasteiger partial charge in [-0.1, -0.05) is 35.0 Å². The SMILES string of the molecule is CC(OC(=O)Nc1c(N)noc1C#Cc1cc2sc(C3(C(=O)O)CC3)cc2s1)c1ccccc1Cl. The number of carbonyl (C=O) groups excluding carboxylic acids is 1. The molecule has 178 valence electrons. The fraction of sp³-hybridized carbons (Fsp3) is 0.208. The zero-order valence-corrected chi connectivity index (χ0v) is 20.6. The molecule has 4 aromatic rings. The van der Waals surface area contributed by atoms with Gasteiger partial charge in [-0.3, -0.25) is 10.1 Å². The lowest BCUT2D eigenvalue weighted by Gasteiger charge is -2.15. The zero-order valence-electron chi connectivity index (χ0n) is 18.3. The van der Waals surface area contributed by atoms with Crippen LogP contribution in [0, 0.1) is 11.8 Å². The Hall–Kier alpha value is -3.52. The van der Waals surface area contributed by atoms with E-state index in [0.29, 0.717) is 23.4 Å². The van der Waals surface area contributed by atoms with Crippen LogP contribution < -0.4 is 11.1 Å². The van der Waals surface area contributed by atoms with Crippen LogP contribution in [0.3, 0.4) is 0 Å². The highest BCUT2D eigenvalue weighted by atomic mass is 35.5. The average Bonchev–Trinajstić information content (AvgIpc) is 3.25. The van der Waals surface area contributed by atoms with E-state index in [2.05, 4.69) is 22.3 Å². The molecule has 1 fully saturated rings. The molecule has 3 aromatic heterocycles. The van der Waals surface area contributed by atoms with Crippen molar-refractivity contribution in [2.75, 3.05) is 11.1 Å². The first-order valence-electron chi connectivity index (χ1n) is 10.5. The van der Waals surface area contributed by atoms with Gasteiger partial charge in [0.2, 0.25) is 5.76 Å². The van der Waals surface area contributed by atoms with Gasteiger partial charge in [0.25, 0.3) is 0 Å². The van der Waals surface area contributed by atoms with E-state index in [1.165, 1.54) is 22.7 Å². The number of fused-ring (bicyclic) bond motifs is 1. The molecule has 1 aliphatic carbocycles. The number of nitrogens with two attached hydrogens (primary N) is 1. The number of nitrogens with one attached hydrogen (secondary N) is 1. The summed E-state index contributed by atoms with van der Waals surface area (Å²) in [6.45, 7) is 1.70. The van der Waals surface area contributed by atoms with Crippen LogP contribution in [0.2, 0.25) is 5.02 Å². The number of anilines is 2. The number of rotatable bonds is 5. The van der Waals surface area contributed by atoms with Crippen LogP contribution in [0.1, 0.15) is 46.9 Å². The molecule has 35 heavy (non-hydrogen) atoms. The van der Waals surface area contributed by atoms with Crippen molar-refractivity contribution >= 4 is 67.2 Å². The first kappa shape index (κ1) is 23.2. The van der Waals surface area contributed by atoms with Crippen molar-refractivity contribution < 1.29 is 24.0 Å². The number of thiophene rings is 2. The summed E-state index contributed by atoms with van der Waals surface area (Å²) in [7, 11) is 0. The molecule has 11 heteroatoms. The lowest BCUT2D eigenvalue weighted by molar-refractivity contribution is -0.139. The first-order valence-corrected chi connectivity index (χ1v) is 12.5. The number of benzene rings is 1. The van der Waals surface area contributed by atoms with Crippen LogP contribution in [0.4, 0.5) is 16.3 Å². The number of nitrogen functional groups attached to an aromatic ring is 1. The summed E-state index contributed by atoms with van der Waals surface area (Å²) in [5, 5.41) is 16.2. The van der Waals surface area contributed by atoms with Gasteiger partial charge in [0, 0.05) is 24.9 Å². The highest BCUT2D eigenvalue weighted by Gasteiger charge is 2.53. The Balaban J connectivity index is 1.30. The van der Waals surface area contributed by atoms with E-state index >= 15 is 0 Å². The van der Waals surface area contributed by atoms with E-state index in [0.717, 1.165) is 19.2 Å². The summed E-state index contributed by atoms with van der Waals surface area (Å²) < 4.78 is 12.6. The molecule has 4 N–H and O–H groups in total. The normalized spacial score (nSPS) is 14.7. The fourth-order valence-electron chi connectivity index (χ4n) is 3.61. The molecule has 1 saturated carbocycles. The molecule has 0 aliphatic heterocycles. The van der Waals surface area contributed by atoms with Crippen molar-refractivity contribution in [2.24, 2.45) is 0 Å². The van der Waals surface area contributed by atoms with Gasteiger partial charge in [-0.25, -0.2) is 4.79 Å². The Bertz CT molecular complexity index is 1490. The third kappa shape index (κ3) is 4.46. The third-order valence-electron chi connectivity index (χ3n) is 5.71. The number of carbonyl (C=O) groups is 2. The molecular formula is C24H18ClN3O5S2. The maximum atomic E-state index is 12.4. The predicted molar refractivity (Wildman–Crippen MR) is 135 cm³/mol. The highest BCUT2D eigenvalue weighted by Crippen LogP contribution is 2.52. The maximum Gasteiger partial charge on any atom is 0.412 e. The van der Waals surface area contributed by atoms with Crippen LogP contribution >= 0.6 is 34.3 Å². The summed E-state index contributed by atoms with van der Waals surface area (Å²) >= 11 is 9.10. The van der Waals surface area contributed by atoms with Crippen molar-refractivity contribution in [1.82, 2.24) is 5.16 Å². The molecule has 1 aliphatic rings. The zero-order chi connectivity index (χ0) is 24.7. The van der Waals surface area contributed by atoms with E-state index in [4.69, 9.17) is 26.6 Å². The van der Waals surface area contributed by atoms with Crippen molar-refractivity contribution in [3.63, 3.8) is 0 Å². The van der Waals surface area contributed by atoms with Gasteiger partial charge in [0.05, 0.1) is 4.88 Å². The summed E-state index contributed by atoms with van der Waals surface area (Å²) in [5.74, 6) is 5.13. The fourth-order valence-corrected chi connectivity index (χ4v) is 6.39. The molecule has 3 heterocycles. The van der Waals surface area contributed by atoms with E-state index in [-0.39, 0.29) is 17.3 Å². The molecule has 8 nitrogen and oxygen atoms in total. The third-order valence-corrected chi connectivity index (χ3v) is 8.47. The number of amides is 1. The number of aromatic nitrogens is 1. The molecule has 1 amide bonds. The first-order chi connectivity index (χ1) is 16.8. The molecular weight excluding hydrogens is 510 g/mol. The molecule has 0 radical (unpaired) electrons.